The van der Waals surface area contributed by atoms with Gasteiger partial charge in [-0.3, -0.25) is 9.59 Å². The fourth-order valence-corrected chi connectivity index (χ4v) is 6.98. The lowest BCUT2D eigenvalue weighted by Gasteiger charge is -2.55. The molecule has 0 amide bonds. The van der Waals surface area contributed by atoms with Crippen LogP contribution in [0.5, 0.6) is 0 Å². The van der Waals surface area contributed by atoms with E-state index in [1.807, 2.05) is 26.0 Å². The Labute approximate surface area is 182 Å². The Balaban J connectivity index is 1.65. The van der Waals surface area contributed by atoms with Gasteiger partial charge in [0.05, 0.1) is 12.7 Å². The maximum atomic E-state index is 14.1. The topological polar surface area (TPSA) is 69.7 Å². The number of rotatable bonds is 3. The molecule has 0 spiro atoms. The minimum atomic E-state index is -1.33. The minimum absolute atomic E-state index is 0.0260. The fourth-order valence-electron chi connectivity index (χ4n) is 6.98. The highest BCUT2D eigenvalue weighted by molar-refractivity contribution is 6.07. The molecule has 2 fully saturated rings. The predicted molar refractivity (Wildman–Crippen MR) is 114 cm³/mol. The van der Waals surface area contributed by atoms with E-state index < -0.39 is 29.4 Å². The molecule has 5 rings (SSSR count). The molecule has 4 aliphatic rings. The van der Waals surface area contributed by atoms with E-state index >= 15 is 0 Å². The molecule has 4 unspecified atom stereocenters. The molecule has 162 valence electrons. The number of esters is 2. The van der Waals surface area contributed by atoms with E-state index in [9.17, 15) is 14.4 Å². The van der Waals surface area contributed by atoms with Gasteiger partial charge in [-0.2, -0.15) is 0 Å². The summed E-state index contributed by atoms with van der Waals surface area (Å²) in [6.45, 7) is 3.91. The zero-order valence-electron chi connectivity index (χ0n) is 18.1. The lowest BCUT2D eigenvalue weighted by Crippen LogP contribution is -2.66. The number of carbonyl (C=O) groups is 3. The molecule has 4 aliphatic carbocycles. The quantitative estimate of drug-likeness (QED) is 0.422. The smallest absolute Gasteiger partial charge is 0.338 e. The van der Waals surface area contributed by atoms with Crippen molar-refractivity contribution in [1.29, 1.82) is 0 Å². The van der Waals surface area contributed by atoms with Gasteiger partial charge < -0.3 is 9.47 Å². The van der Waals surface area contributed by atoms with Crippen LogP contribution in [0.15, 0.2) is 54.6 Å². The van der Waals surface area contributed by atoms with Gasteiger partial charge in [-0.05, 0) is 42.2 Å². The van der Waals surface area contributed by atoms with Crippen molar-refractivity contribution in [1.82, 2.24) is 0 Å². The molecule has 0 aliphatic heterocycles. The van der Waals surface area contributed by atoms with Gasteiger partial charge >= 0.3 is 11.9 Å². The van der Waals surface area contributed by atoms with Crippen molar-refractivity contribution in [3.8, 4) is 0 Å². The number of fused-ring (bicyclic) bond motifs is 6. The largest absolute Gasteiger partial charge is 0.468 e. The van der Waals surface area contributed by atoms with Gasteiger partial charge in [-0.15, -0.1) is 0 Å². The van der Waals surface area contributed by atoms with E-state index in [-0.39, 0.29) is 41.3 Å². The normalized spacial score (nSPS) is 42.1. The van der Waals surface area contributed by atoms with Crippen molar-refractivity contribution in [2.45, 2.75) is 26.4 Å². The number of carbonyl (C=O) groups excluding carboxylic acids is 3. The van der Waals surface area contributed by atoms with Crippen LogP contribution in [0, 0.1) is 46.8 Å². The zero-order valence-corrected chi connectivity index (χ0v) is 18.1. The summed E-state index contributed by atoms with van der Waals surface area (Å²) in [6, 6.07) is 8.92. The molecule has 0 heterocycles. The number of ketones is 1. The van der Waals surface area contributed by atoms with Gasteiger partial charge in [0, 0.05) is 17.8 Å². The second kappa shape index (κ2) is 7.18. The number of hydrogen-bond acceptors (Lipinski definition) is 5. The molecular formula is C26H28O5. The number of ether oxygens (including phenoxy) is 2. The van der Waals surface area contributed by atoms with Crippen LogP contribution in [0.4, 0.5) is 0 Å². The molecule has 0 saturated heterocycles. The van der Waals surface area contributed by atoms with Crippen LogP contribution in [0.2, 0.25) is 0 Å². The highest BCUT2D eigenvalue weighted by atomic mass is 16.5. The van der Waals surface area contributed by atoms with Crippen LogP contribution in [-0.2, 0) is 19.1 Å². The molecular weight excluding hydrogens is 392 g/mol. The first-order valence-electron chi connectivity index (χ1n) is 11.2. The molecule has 31 heavy (non-hydrogen) atoms. The van der Waals surface area contributed by atoms with Crippen LogP contribution in [0.1, 0.15) is 30.6 Å². The van der Waals surface area contributed by atoms with Gasteiger partial charge in [0.1, 0.15) is 11.5 Å². The van der Waals surface area contributed by atoms with E-state index in [0.717, 1.165) is 6.42 Å². The Morgan fingerprint density at radius 1 is 1.00 bits per heavy atom. The molecule has 0 N–H and O–H groups in total. The molecule has 0 aromatic heterocycles. The van der Waals surface area contributed by atoms with Crippen LogP contribution in [0.25, 0.3) is 0 Å². The lowest BCUT2D eigenvalue weighted by molar-refractivity contribution is -0.188. The average Bonchev–Trinajstić information content (AvgIpc) is 3.40. The van der Waals surface area contributed by atoms with Crippen molar-refractivity contribution < 1.29 is 23.9 Å². The average molecular weight is 421 g/mol. The number of Topliss-reactive ketones (excluding diaryl/α,β-unsaturated/α-hetero) is 1. The van der Waals surface area contributed by atoms with E-state index in [1.165, 1.54) is 7.11 Å². The third kappa shape index (κ3) is 2.65. The predicted octanol–water partition coefficient (Wildman–Crippen LogP) is 3.85. The summed E-state index contributed by atoms with van der Waals surface area (Å²) in [6.07, 6.45) is 8.63. The Hall–Kier alpha value is -2.69. The number of allylic oxidation sites excluding steroid dienone is 4. The molecule has 9 atom stereocenters. The van der Waals surface area contributed by atoms with Gasteiger partial charge in [-0.25, -0.2) is 4.79 Å². The van der Waals surface area contributed by atoms with E-state index in [1.54, 1.807) is 24.3 Å². The molecule has 1 aromatic rings. The van der Waals surface area contributed by atoms with Crippen molar-refractivity contribution >= 4 is 17.7 Å². The maximum absolute atomic E-state index is 14.1. The van der Waals surface area contributed by atoms with Crippen molar-refractivity contribution in [2.24, 2.45) is 46.8 Å². The van der Waals surface area contributed by atoms with Crippen LogP contribution < -0.4 is 0 Å². The molecule has 0 radical (unpaired) electrons. The molecule has 2 saturated carbocycles. The van der Waals surface area contributed by atoms with Crippen molar-refractivity contribution in [3.05, 3.63) is 60.2 Å². The highest BCUT2D eigenvalue weighted by Crippen LogP contribution is 2.63. The van der Waals surface area contributed by atoms with Crippen molar-refractivity contribution in [2.75, 3.05) is 7.11 Å². The van der Waals surface area contributed by atoms with Gasteiger partial charge in [0.2, 0.25) is 0 Å². The SMILES string of the molecule is COC(=O)C12C(=O)C3C([C@@H](OC(=O)c4ccccc4)C1[C@@H](C)C=C[C@H]2C)[C@@H]1C=C[C@H]3C1. The molecule has 5 nitrogen and oxygen atoms in total. The van der Waals surface area contributed by atoms with E-state index in [2.05, 4.69) is 18.2 Å². The number of hydrogen-bond donors (Lipinski definition) is 0. The summed E-state index contributed by atoms with van der Waals surface area (Å²) < 4.78 is 11.5. The zero-order chi connectivity index (χ0) is 21.9. The number of methoxy groups -OCH3 is 1. The second-order valence-corrected chi connectivity index (χ2v) is 9.57. The summed E-state index contributed by atoms with van der Waals surface area (Å²) >= 11 is 0. The monoisotopic (exact) mass is 420 g/mol. The first-order valence-corrected chi connectivity index (χ1v) is 11.2. The van der Waals surface area contributed by atoms with Crippen LogP contribution in [0.3, 0.4) is 0 Å². The van der Waals surface area contributed by atoms with Gasteiger partial charge in [0.15, 0.2) is 5.78 Å². The van der Waals surface area contributed by atoms with Crippen LogP contribution in [-0.4, -0.2) is 30.9 Å². The number of benzene rings is 1. The molecule has 2 bridgehead atoms. The highest BCUT2D eigenvalue weighted by Gasteiger charge is 2.71. The first kappa shape index (κ1) is 20.2. The van der Waals surface area contributed by atoms with E-state index in [0.29, 0.717) is 5.56 Å². The maximum Gasteiger partial charge on any atom is 0.338 e. The lowest BCUT2D eigenvalue weighted by atomic mass is 9.47. The third-order valence-electron chi connectivity index (χ3n) is 8.25. The van der Waals surface area contributed by atoms with Crippen molar-refractivity contribution in [3.63, 3.8) is 0 Å². The van der Waals surface area contributed by atoms with Crippen LogP contribution >= 0.6 is 0 Å². The summed E-state index contributed by atoms with van der Waals surface area (Å²) in [5, 5.41) is 0. The molecule has 5 heteroatoms. The van der Waals surface area contributed by atoms with Gasteiger partial charge in [0.25, 0.3) is 0 Å². The second-order valence-electron chi connectivity index (χ2n) is 9.57. The summed E-state index contributed by atoms with van der Waals surface area (Å²) in [4.78, 5) is 40.6. The van der Waals surface area contributed by atoms with E-state index in [4.69, 9.17) is 9.47 Å². The Morgan fingerprint density at radius 2 is 1.71 bits per heavy atom. The Bertz CT molecular complexity index is 979. The first-order chi connectivity index (χ1) is 14.9. The summed E-state index contributed by atoms with van der Waals surface area (Å²) in [5.41, 5.74) is -0.852. The minimum Gasteiger partial charge on any atom is -0.468 e. The summed E-state index contributed by atoms with van der Waals surface area (Å²) in [7, 11) is 1.34. The fraction of sp³-hybridized carbons (Fsp3) is 0.500. The standard InChI is InChI=1S/C26H28O5/c1-14-9-10-15(2)26(25(29)30-3)21(14)22(31-24(28)16-7-5-4-6-8-16)19-17-11-12-18(13-17)20(19)23(26)27/h4-12,14-15,17-22H,13H2,1-3H3/t14-,15+,17+,18-,19?,20?,21?,22+,26?/m0/s1. The third-order valence-corrected chi connectivity index (χ3v) is 8.25. The Morgan fingerprint density at radius 3 is 2.42 bits per heavy atom. The Kier molecular flexibility index (Phi) is 4.68. The molecule has 1 aromatic carbocycles. The van der Waals surface area contributed by atoms with Gasteiger partial charge in [-0.1, -0.05) is 56.4 Å². The summed E-state index contributed by atoms with van der Waals surface area (Å²) in [5.74, 6) is -1.94.